The summed E-state index contributed by atoms with van der Waals surface area (Å²) in [6.45, 7) is 2.98. The summed E-state index contributed by atoms with van der Waals surface area (Å²) in [5.41, 5.74) is -1.01. The molecule has 0 saturated heterocycles. The van der Waals surface area contributed by atoms with Crippen LogP contribution >= 0.6 is 0 Å². The average molecular weight is 228 g/mol. The van der Waals surface area contributed by atoms with Crippen molar-refractivity contribution in [1.82, 2.24) is 10.6 Å². The second-order valence-corrected chi connectivity index (χ2v) is 4.32. The van der Waals surface area contributed by atoms with E-state index in [9.17, 15) is 9.59 Å². The van der Waals surface area contributed by atoms with E-state index in [-0.39, 0.29) is 12.5 Å². The van der Waals surface area contributed by atoms with Crippen molar-refractivity contribution in [2.75, 3.05) is 13.1 Å². The second-order valence-electron chi connectivity index (χ2n) is 4.32. The predicted molar refractivity (Wildman–Crippen MR) is 60.1 cm³/mol. The summed E-state index contributed by atoms with van der Waals surface area (Å²) in [6, 6.07) is 0. The zero-order valence-electron chi connectivity index (χ0n) is 9.71. The van der Waals surface area contributed by atoms with Crippen molar-refractivity contribution in [1.29, 1.82) is 0 Å². The van der Waals surface area contributed by atoms with Gasteiger partial charge in [-0.3, -0.25) is 4.79 Å². The van der Waals surface area contributed by atoms with Gasteiger partial charge in [0.25, 0.3) is 0 Å². The Hall–Kier alpha value is -1.10. The van der Waals surface area contributed by atoms with Crippen LogP contribution in [0.4, 0.5) is 0 Å². The van der Waals surface area contributed by atoms with Gasteiger partial charge in [0.1, 0.15) is 5.54 Å². The Labute approximate surface area is 95.6 Å². The molecule has 0 bridgehead atoms. The van der Waals surface area contributed by atoms with Crippen LogP contribution in [-0.4, -0.2) is 35.6 Å². The lowest BCUT2D eigenvalue weighted by Gasteiger charge is -2.25. The van der Waals surface area contributed by atoms with Gasteiger partial charge in [0.15, 0.2) is 0 Å². The average Bonchev–Trinajstić information content (AvgIpc) is 2.68. The predicted octanol–water partition coefficient (Wildman–Crippen LogP) is 0.500. The molecule has 5 heteroatoms. The maximum atomic E-state index is 11.5. The third kappa shape index (κ3) is 3.20. The highest BCUT2D eigenvalue weighted by molar-refractivity contribution is 5.88. The fraction of sp³-hybridized carbons (Fsp3) is 0.818. The molecule has 0 aromatic rings. The molecule has 16 heavy (non-hydrogen) atoms. The third-order valence-corrected chi connectivity index (χ3v) is 2.96. The molecule has 92 valence electrons. The van der Waals surface area contributed by atoms with Gasteiger partial charge in [-0.05, 0) is 25.8 Å². The van der Waals surface area contributed by atoms with Crippen LogP contribution in [0.3, 0.4) is 0 Å². The van der Waals surface area contributed by atoms with E-state index < -0.39 is 11.5 Å². The Morgan fingerprint density at radius 3 is 2.44 bits per heavy atom. The molecule has 1 fully saturated rings. The van der Waals surface area contributed by atoms with Gasteiger partial charge in [-0.25, -0.2) is 4.79 Å². The number of hydrogen-bond donors (Lipinski definition) is 3. The number of carboxylic acid groups (broad SMARTS) is 1. The smallest absolute Gasteiger partial charge is 0.329 e. The van der Waals surface area contributed by atoms with E-state index in [1.807, 2.05) is 6.92 Å². The molecule has 5 nitrogen and oxygen atoms in total. The first-order chi connectivity index (χ1) is 7.60. The summed E-state index contributed by atoms with van der Waals surface area (Å²) < 4.78 is 0. The maximum absolute atomic E-state index is 11.5. The molecular formula is C11H20N2O3. The SMILES string of the molecule is CCCNCC(=O)NC1(C(=O)O)CCCC1. The number of aliphatic carboxylic acids is 1. The largest absolute Gasteiger partial charge is 0.480 e. The number of carbonyl (C=O) groups is 2. The summed E-state index contributed by atoms with van der Waals surface area (Å²) in [5, 5.41) is 14.8. The number of nitrogens with one attached hydrogen (secondary N) is 2. The van der Waals surface area contributed by atoms with E-state index >= 15 is 0 Å². The van der Waals surface area contributed by atoms with Gasteiger partial charge in [0, 0.05) is 0 Å². The fourth-order valence-electron chi connectivity index (χ4n) is 2.06. The Morgan fingerprint density at radius 1 is 1.31 bits per heavy atom. The number of hydrogen-bond acceptors (Lipinski definition) is 3. The highest BCUT2D eigenvalue weighted by atomic mass is 16.4. The van der Waals surface area contributed by atoms with Crippen molar-refractivity contribution in [2.45, 2.75) is 44.6 Å². The van der Waals surface area contributed by atoms with E-state index in [1.165, 1.54) is 0 Å². The quantitative estimate of drug-likeness (QED) is 0.578. The van der Waals surface area contributed by atoms with E-state index in [2.05, 4.69) is 10.6 Å². The van der Waals surface area contributed by atoms with Gasteiger partial charge < -0.3 is 15.7 Å². The van der Waals surface area contributed by atoms with Crippen molar-refractivity contribution in [2.24, 2.45) is 0 Å². The van der Waals surface area contributed by atoms with Crippen LogP contribution in [-0.2, 0) is 9.59 Å². The summed E-state index contributed by atoms with van der Waals surface area (Å²) in [6.07, 6.45) is 3.78. The molecule has 0 aliphatic heterocycles. The highest BCUT2D eigenvalue weighted by Crippen LogP contribution is 2.29. The molecule has 1 rings (SSSR count). The molecule has 1 saturated carbocycles. The molecule has 0 unspecified atom stereocenters. The molecule has 0 atom stereocenters. The number of carboxylic acids is 1. The Morgan fingerprint density at radius 2 is 1.94 bits per heavy atom. The van der Waals surface area contributed by atoms with Gasteiger partial charge in [-0.15, -0.1) is 0 Å². The van der Waals surface area contributed by atoms with Crippen LogP contribution in [0.25, 0.3) is 0 Å². The van der Waals surface area contributed by atoms with E-state index in [0.717, 1.165) is 25.8 Å². The summed E-state index contributed by atoms with van der Waals surface area (Å²) in [5.74, 6) is -1.13. The minimum atomic E-state index is -1.01. The summed E-state index contributed by atoms with van der Waals surface area (Å²) >= 11 is 0. The molecule has 1 aliphatic rings. The first kappa shape index (κ1) is 13.0. The van der Waals surface area contributed by atoms with Crippen LogP contribution in [0.5, 0.6) is 0 Å². The second kappa shape index (κ2) is 5.84. The lowest BCUT2D eigenvalue weighted by molar-refractivity contribution is -0.147. The molecule has 0 spiro atoms. The van der Waals surface area contributed by atoms with Gasteiger partial charge >= 0.3 is 5.97 Å². The Balaban J connectivity index is 2.43. The van der Waals surface area contributed by atoms with Crippen LogP contribution in [0.15, 0.2) is 0 Å². The molecule has 0 aromatic carbocycles. The zero-order valence-corrected chi connectivity index (χ0v) is 9.71. The lowest BCUT2D eigenvalue weighted by Crippen LogP contribution is -2.54. The molecule has 1 aliphatic carbocycles. The van der Waals surface area contributed by atoms with Crippen LogP contribution in [0.1, 0.15) is 39.0 Å². The van der Waals surface area contributed by atoms with Gasteiger partial charge in [-0.2, -0.15) is 0 Å². The summed E-state index contributed by atoms with van der Waals surface area (Å²) in [7, 11) is 0. The number of rotatable bonds is 6. The van der Waals surface area contributed by atoms with Crippen LogP contribution in [0, 0.1) is 0 Å². The van der Waals surface area contributed by atoms with Crippen LogP contribution in [0.2, 0.25) is 0 Å². The normalized spacial score (nSPS) is 18.3. The monoisotopic (exact) mass is 228 g/mol. The molecule has 3 N–H and O–H groups in total. The fourth-order valence-corrected chi connectivity index (χ4v) is 2.06. The van der Waals surface area contributed by atoms with Gasteiger partial charge in [-0.1, -0.05) is 19.8 Å². The minimum Gasteiger partial charge on any atom is -0.480 e. The molecule has 0 radical (unpaired) electrons. The molecule has 1 amide bonds. The van der Waals surface area contributed by atoms with Crippen molar-refractivity contribution in [3.05, 3.63) is 0 Å². The van der Waals surface area contributed by atoms with Crippen molar-refractivity contribution >= 4 is 11.9 Å². The maximum Gasteiger partial charge on any atom is 0.329 e. The minimum absolute atomic E-state index is 0.197. The first-order valence-corrected chi connectivity index (χ1v) is 5.86. The van der Waals surface area contributed by atoms with E-state index in [4.69, 9.17) is 5.11 Å². The highest BCUT2D eigenvalue weighted by Gasteiger charge is 2.42. The molecular weight excluding hydrogens is 208 g/mol. The van der Waals surface area contributed by atoms with Gasteiger partial charge in [0.2, 0.25) is 5.91 Å². The van der Waals surface area contributed by atoms with E-state index in [1.54, 1.807) is 0 Å². The lowest BCUT2D eigenvalue weighted by atomic mass is 9.98. The zero-order chi connectivity index (χ0) is 12.0. The summed E-state index contributed by atoms with van der Waals surface area (Å²) in [4.78, 5) is 22.7. The standard InChI is InChI=1S/C11H20N2O3/c1-2-7-12-8-9(14)13-11(10(15)16)5-3-4-6-11/h12H,2-8H2,1H3,(H,13,14)(H,15,16). The van der Waals surface area contributed by atoms with E-state index in [0.29, 0.717) is 12.8 Å². The van der Waals surface area contributed by atoms with Crippen molar-refractivity contribution in [3.8, 4) is 0 Å². The first-order valence-electron chi connectivity index (χ1n) is 5.86. The number of carbonyl (C=O) groups excluding carboxylic acids is 1. The Kier molecular flexibility index (Phi) is 4.73. The molecule has 0 heterocycles. The topological polar surface area (TPSA) is 78.4 Å². The van der Waals surface area contributed by atoms with Crippen LogP contribution < -0.4 is 10.6 Å². The molecule has 0 aromatic heterocycles. The number of amides is 1. The van der Waals surface area contributed by atoms with Crippen molar-refractivity contribution in [3.63, 3.8) is 0 Å². The van der Waals surface area contributed by atoms with Crippen molar-refractivity contribution < 1.29 is 14.7 Å². The Bertz CT molecular complexity index is 260. The van der Waals surface area contributed by atoms with Gasteiger partial charge in [0.05, 0.1) is 6.54 Å². The third-order valence-electron chi connectivity index (χ3n) is 2.96.